The first-order chi connectivity index (χ1) is 7.98. The molecule has 0 atom stereocenters. The summed E-state index contributed by atoms with van der Waals surface area (Å²) in [5.41, 5.74) is 1.44. The molecule has 0 aliphatic heterocycles. The number of alkyl halides is 3. The van der Waals surface area contributed by atoms with E-state index in [0.717, 1.165) is 12.0 Å². The van der Waals surface area contributed by atoms with Crippen molar-refractivity contribution < 1.29 is 22.7 Å². The minimum absolute atomic E-state index is 0.00539. The van der Waals surface area contributed by atoms with Gasteiger partial charge in [0.15, 0.2) is 0 Å². The first-order valence-electron chi connectivity index (χ1n) is 5.06. The summed E-state index contributed by atoms with van der Waals surface area (Å²) in [6, 6.07) is 6.94. The molecule has 2 nitrogen and oxygen atoms in total. The highest BCUT2D eigenvalue weighted by Crippen LogP contribution is 2.29. The number of carbonyl (C=O) groups excluding carboxylic acids is 1. The van der Waals surface area contributed by atoms with Gasteiger partial charge in [-0.1, -0.05) is 24.3 Å². The van der Waals surface area contributed by atoms with E-state index in [1.54, 1.807) is 18.2 Å². The molecule has 1 aromatic rings. The van der Waals surface area contributed by atoms with E-state index in [4.69, 9.17) is 0 Å². The molecular weight excluding hydrogens is 233 g/mol. The number of carbonyl (C=O) groups is 1. The summed E-state index contributed by atoms with van der Waals surface area (Å²) in [5.74, 6) is -2.19. The normalized spacial score (nSPS) is 14.9. The van der Waals surface area contributed by atoms with E-state index >= 15 is 0 Å². The molecule has 0 fully saturated rings. The van der Waals surface area contributed by atoms with E-state index in [-0.39, 0.29) is 5.76 Å². The fraction of sp³-hybridized carbons (Fsp3) is 0.250. The van der Waals surface area contributed by atoms with Crippen molar-refractivity contribution in [2.45, 2.75) is 19.0 Å². The van der Waals surface area contributed by atoms with Crippen molar-refractivity contribution in [1.82, 2.24) is 0 Å². The number of esters is 1. The Bertz CT molecular complexity index is 475. The van der Waals surface area contributed by atoms with Crippen LogP contribution < -0.4 is 0 Å². The lowest BCUT2D eigenvalue weighted by molar-refractivity contribution is -0.192. The number of ether oxygens (including phenoxy) is 1. The Morgan fingerprint density at radius 1 is 1.24 bits per heavy atom. The van der Waals surface area contributed by atoms with E-state index in [2.05, 4.69) is 4.74 Å². The van der Waals surface area contributed by atoms with E-state index < -0.39 is 12.1 Å². The first-order valence-corrected chi connectivity index (χ1v) is 5.06. The number of rotatable bonds is 1. The topological polar surface area (TPSA) is 26.3 Å². The second-order valence-electron chi connectivity index (χ2n) is 3.65. The van der Waals surface area contributed by atoms with Gasteiger partial charge in [-0.15, -0.1) is 0 Å². The summed E-state index contributed by atoms with van der Waals surface area (Å²) in [4.78, 5) is 10.8. The highest BCUT2D eigenvalue weighted by atomic mass is 19.4. The number of hydrogen-bond acceptors (Lipinski definition) is 2. The summed E-state index contributed by atoms with van der Waals surface area (Å²) < 4.78 is 40.6. The summed E-state index contributed by atoms with van der Waals surface area (Å²) >= 11 is 0. The van der Waals surface area contributed by atoms with E-state index in [0.29, 0.717) is 12.0 Å². The number of hydrogen-bond donors (Lipinski definition) is 0. The van der Waals surface area contributed by atoms with Crippen molar-refractivity contribution in [1.29, 1.82) is 0 Å². The molecule has 17 heavy (non-hydrogen) atoms. The fourth-order valence-electron chi connectivity index (χ4n) is 1.70. The van der Waals surface area contributed by atoms with Crippen LogP contribution in [0.2, 0.25) is 0 Å². The molecule has 0 saturated carbocycles. The van der Waals surface area contributed by atoms with E-state index in [1.807, 2.05) is 6.07 Å². The molecule has 0 amide bonds. The van der Waals surface area contributed by atoms with Crippen LogP contribution >= 0.6 is 0 Å². The van der Waals surface area contributed by atoms with Crippen LogP contribution in [0.25, 0.3) is 5.76 Å². The average molecular weight is 242 g/mol. The quantitative estimate of drug-likeness (QED) is 0.707. The SMILES string of the molecule is O=C(OC1=CCCc2ccccc21)C(F)(F)F. The zero-order valence-electron chi connectivity index (χ0n) is 8.75. The minimum Gasteiger partial charge on any atom is -0.420 e. The maximum absolute atomic E-state index is 12.1. The monoisotopic (exact) mass is 242 g/mol. The van der Waals surface area contributed by atoms with Crippen molar-refractivity contribution in [3.63, 3.8) is 0 Å². The maximum Gasteiger partial charge on any atom is 0.491 e. The van der Waals surface area contributed by atoms with E-state index in [9.17, 15) is 18.0 Å². The third-order valence-electron chi connectivity index (χ3n) is 2.46. The molecule has 2 rings (SSSR count). The van der Waals surface area contributed by atoms with Gasteiger partial charge in [0.2, 0.25) is 0 Å². The fourth-order valence-corrected chi connectivity index (χ4v) is 1.70. The molecule has 1 aromatic carbocycles. The third kappa shape index (κ3) is 2.49. The molecule has 1 aliphatic rings. The van der Waals surface area contributed by atoms with Crippen LogP contribution in [0.4, 0.5) is 13.2 Å². The first kappa shape index (κ1) is 11.7. The third-order valence-corrected chi connectivity index (χ3v) is 2.46. The molecule has 0 aromatic heterocycles. The van der Waals surface area contributed by atoms with Crippen LogP contribution in [-0.4, -0.2) is 12.1 Å². The highest BCUT2D eigenvalue weighted by molar-refractivity contribution is 5.83. The zero-order chi connectivity index (χ0) is 12.5. The van der Waals surface area contributed by atoms with Crippen LogP contribution in [0.3, 0.4) is 0 Å². The Balaban J connectivity index is 2.24. The van der Waals surface area contributed by atoms with Crippen molar-refractivity contribution in [3.05, 3.63) is 41.5 Å². The Kier molecular flexibility index (Phi) is 2.92. The molecule has 90 valence electrons. The van der Waals surface area contributed by atoms with Gasteiger partial charge in [-0.05, 0) is 24.5 Å². The maximum atomic E-state index is 12.1. The molecule has 0 saturated heterocycles. The van der Waals surface area contributed by atoms with Gasteiger partial charge in [-0.25, -0.2) is 4.79 Å². The van der Waals surface area contributed by atoms with Gasteiger partial charge in [-0.3, -0.25) is 0 Å². The van der Waals surface area contributed by atoms with Gasteiger partial charge in [0.25, 0.3) is 0 Å². The second-order valence-corrected chi connectivity index (χ2v) is 3.65. The van der Waals surface area contributed by atoms with Crippen molar-refractivity contribution in [3.8, 4) is 0 Å². The standard InChI is InChI=1S/C12H9F3O2/c13-12(14,15)11(16)17-10-7-3-5-8-4-1-2-6-9(8)10/h1-2,4,6-7H,3,5H2. The van der Waals surface area contributed by atoms with Gasteiger partial charge < -0.3 is 4.74 Å². The van der Waals surface area contributed by atoms with Crippen LogP contribution in [0.5, 0.6) is 0 Å². The second kappa shape index (κ2) is 4.24. The summed E-state index contributed by atoms with van der Waals surface area (Å²) in [5, 5.41) is 0. The molecule has 0 radical (unpaired) electrons. The highest BCUT2D eigenvalue weighted by Gasteiger charge is 2.42. The lowest BCUT2D eigenvalue weighted by Gasteiger charge is -2.17. The molecule has 1 aliphatic carbocycles. The molecule has 0 bridgehead atoms. The van der Waals surface area contributed by atoms with Crippen LogP contribution in [-0.2, 0) is 16.0 Å². The lowest BCUT2D eigenvalue weighted by atomic mass is 9.96. The number of halogens is 3. The van der Waals surface area contributed by atoms with Gasteiger partial charge >= 0.3 is 12.1 Å². The molecule has 0 heterocycles. The Morgan fingerprint density at radius 2 is 1.94 bits per heavy atom. The number of aryl methyl sites for hydroxylation is 1. The Hall–Kier alpha value is -1.78. The van der Waals surface area contributed by atoms with Gasteiger partial charge in [-0.2, -0.15) is 13.2 Å². The van der Waals surface area contributed by atoms with Gasteiger partial charge in [0, 0.05) is 5.56 Å². The largest absolute Gasteiger partial charge is 0.491 e. The predicted octanol–water partition coefficient (Wildman–Crippen LogP) is 3.08. The molecule has 0 unspecified atom stereocenters. The summed E-state index contributed by atoms with van der Waals surface area (Å²) in [7, 11) is 0. The smallest absolute Gasteiger partial charge is 0.420 e. The summed E-state index contributed by atoms with van der Waals surface area (Å²) in [6.45, 7) is 0. The zero-order valence-corrected chi connectivity index (χ0v) is 8.75. The molecule has 0 N–H and O–H groups in total. The van der Waals surface area contributed by atoms with Crippen LogP contribution in [0.15, 0.2) is 30.3 Å². The Labute approximate surface area is 95.7 Å². The van der Waals surface area contributed by atoms with Crippen LogP contribution in [0, 0.1) is 0 Å². The molecule has 0 spiro atoms. The average Bonchev–Trinajstić information content (AvgIpc) is 2.28. The molecule has 5 heteroatoms. The van der Waals surface area contributed by atoms with Crippen molar-refractivity contribution in [2.75, 3.05) is 0 Å². The predicted molar refractivity (Wildman–Crippen MR) is 54.9 cm³/mol. The van der Waals surface area contributed by atoms with Crippen molar-refractivity contribution in [2.24, 2.45) is 0 Å². The van der Waals surface area contributed by atoms with Gasteiger partial charge in [0.05, 0.1) is 0 Å². The molecular formula is C12H9F3O2. The summed E-state index contributed by atoms with van der Waals surface area (Å²) in [6.07, 6.45) is -2.15. The Morgan fingerprint density at radius 3 is 2.65 bits per heavy atom. The number of benzene rings is 1. The minimum atomic E-state index is -4.97. The van der Waals surface area contributed by atoms with Crippen LogP contribution in [0.1, 0.15) is 17.5 Å². The van der Waals surface area contributed by atoms with Crippen molar-refractivity contribution >= 4 is 11.7 Å². The number of fused-ring (bicyclic) bond motifs is 1. The lowest BCUT2D eigenvalue weighted by Crippen LogP contribution is -2.25. The van der Waals surface area contributed by atoms with Gasteiger partial charge in [0.1, 0.15) is 5.76 Å². The van der Waals surface area contributed by atoms with E-state index in [1.165, 1.54) is 6.08 Å². The number of allylic oxidation sites excluding steroid dienone is 1.